The van der Waals surface area contributed by atoms with Crippen LogP contribution in [0.3, 0.4) is 0 Å². The molecule has 1 aliphatic heterocycles. The largest absolute Gasteiger partial charge is 0.497 e. The summed E-state index contributed by atoms with van der Waals surface area (Å²) in [5.74, 6) is 2.61. The van der Waals surface area contributed by atoms with Gasteiger partial charge in [0, 0.05) is 38.8 Å². The van der Waals surface area contributed by atoms with Gasteiger partial charge >= 0.3 is 0 Å². The average molecular weight is 273 g/mol. The molecule has 0 unspecified atom stereocenters. The van der Waals surface area contributed by atoms with Crippen molar-refractivity contribution in [2.24, 2.45) is 7.05 Å². The summed E-state index contributed by atoms with van der Waals surface area (Å²) in [4.78, 5) is 2.26. The molecule has 3 rings (SSSR count). The molecule has 106 valence electrons. The van der Waals surface area contributed by atoms with E-state index >= 15 is 0 Å². The lowest BCUT2D eigenvalue weighted by molar-refractivity contribution is 0.415. The fourth-order valence-corrected chi connectivity index (χ4v) is 2.47. The fraction of sp³-hybridized carbons (Fsp3) is 0.429. The van der Waals surface area contributed by atoms with Crippen LogP contribution in [0.25, 0.3) is 11.4 Å². The van der Waals surface area contributed by atoms with E-state index in [1.807, 2.05) is 35.9 Å². The maximum atomic E-state index is 5.26. The molecule has 1 fully saturated rings. The summed E-state index contributed by atoms with van der Waals surface area (Å²) in [6.45, 7) is 3.90. The Kier molecular flexibility index (Phi) is 3.56. The molecule has 2 heterocycles. The molecule has 0 radical (unpaired) electrons. The number of aromatic nitrogens is 3. The van der Waals surface area contributed by atoms with Gasteiger partial charge < -0.3 is 15.0 Å². The number of ether oxygens (including phenoxy) is 1. The molecular weight excluding hydrogens is 254 g/mol. The van der Waals surface area contributed by atoms with Gasteiger partial charge in [0.25, 0.3) is 0 Å². The number of hydrogen-bond acceptors (Lipinski definition) is 5. The van der Waals surface area contributed by atoms with Crippen molar-refractivity contribution < 1.29 is 4.74 Å². The van der Waals surface area contributed by atoms with Gasteiger partial charge in [0.2, 0.25) is 5.95 Å². The van der Waals surface area contributed by atoms with Crippen LogP contribution in [0.2, 0.25) is 0 Å². The second-order valence-electron chi connectivity index (χ2n) is 4.85. The molecule has 1 aliphatic rings. The third-order valence-corrected chi connectivity index (χ3v) is 3.58. The molecule has 2 aromatic rings. The summed E-state index contributed by atoms with van der Waals surface area (Å²) in [5.41, 5.74) is 1.01. The number of methoxy groups -OCH3 is 1. The van der Waals surface area contributed by atoms with Crippen LogP contribution in [-0.4, -0.2) is 48.1 Å². The Hall–Kier alpha value is -2.08. The third kappa shape index (κ3) is 2.34. The van der Waals surface area contributed by atoms with Gasteiger partial charge in [-0.3, -0.25) is 4.57 Å². The van der Waals surface area contributed by atoms with Crippen LogP contribution in [0.15, 0.2) is 24.3 Å². The minimum Gasteiger partial charge on any atom is -0.497 e. The molecule has 0 spiro atoms. The molecule has 0 saturated carbocycles. The molecule has 1 saturated heterocycles. The van der Waals surface area contributed by atoms with Gasteiger partial charge in [-0.05, 0) is 12.1 Å². The van der Waals surface area contributed by atoms with Crippen LogP contribution in [-0.2, 0) is 7.05 Å². The zero-order valence-corrected chi connectivity index (χ0v) is 11.8. The van der Waals surface area contributed by atoms with E-state index in [-0.39, 0.29) is 0 Å². The number of nitrogens with one attached hydrogen (secondary N) is 1. The van der Waals surface area contributed by atoms with Crippen molar-refractivity contribution in [2.75, 3.05) is 38.2 Å². The normalized spacial score (nSPS) is 15.4. The summed E-state index contributed by atoms with van der Waals surface area (Å²) >= 11 is 0. The maximum Gasteiger partial charge on any atom is 0.227 e. The van der Waals surface area contributed by atoms with E-state index in [9.17, 15) is 0 Å². The highest BCUT2D eigenvalue weighted by Crippen LogP contribution is 2.24. The smallest absolute Gasteiger partial charge is 0.227 e. The summed E-state index contributed by atoms with van der Waals surface area (Å²) in [6, 6.07) is 7.89. The van der Waals surface area contributed by atoms with Crippen molar-refractivity contribution in [3.8, 4) is 17.1 Å². The molecule has 0 bridgehead atoms. The topological polar surface area (TPSA) is 55.2 Å². The molecule has 0 atom stereocenters. The van der Waals surface area contributed by atoms with Crippen molar-refractivity contribution in [1.29, 1.82) is 0 Å². The number of rotatable bonds is 3. The van der Waals surface area contributed by atoms with Crippen molar-refractivity contribution in [3.63, 3.8) is 0 Å². The van der Waals surface area contributed by atoms with Crippen molar-refractivity contribution >= 4 is 5.95 Å². The van der Waals surface area contributed by atoms with Gasteiger partial charge in [0.1, 0.15) is 5.75 Å². The summed E-state index contributed by atoms with van der Waals surface area (Å²) in [5, 5.41) is 12.0. The van der Waals surface area contributed by atoms with Gasteiger partial charge in [-0.1, -0.05) is 12.1 Å². The number of anilines is 1. The van der Waals surface area contributed by atoms with Crippen LogP contribution < -0.4 is 15.0 Å². The Bertz CT molecular complexity index is 589. The van der Waals surface area contributed by atoms with Crippen LogP contribution in [0.1, 0.15) is 0 Å². The second-order valence-corrected chi connectivity index (χ2v) is 4.85. The lowest BCUT2D eigenvalue weighted by atomic mass is 10.2. The number of benzene rings is 1. The van der Waals surface area contributed by atoms with E-state index in [0.717, 1.165) is 49.3 Å². The minimum atomic E-state index is 0.828. The first-order valence-corrected chi connectivity index (χ1v) is 6.79. The number of hydrogen-bond donors (Lipinski definition) is 1. The molecule has 6 nitrogen and oxygen atoms in total. The zero-order valence-electron chi connectivity index (χ0n) is 11.8. The first-order valence-electron chi connectivity index (χ1n) is 6.79. The lowest BCUT2D eigenvalue weighted by Crippen LogP contribution is -2.44. The lowest BCUT2D eigenvalue weighted by Gasteiger charge is -2.27. The fourth-order valence-electron chi connectivity index (χ4n) is 2.47. The van der Waals surface area contributed by atoms with Crippen molar-refractivity contribution in [1.82, 2.24) is 20.1 Å². The summed E-state index contributed by atoms with van der Waals surface area (Å²) in [6.07, 6.45) is 0. The Morgan fingerprint density at radius 3 is 2.75 bits per heavy atom. The first-order chi connectivity index (χ1) is 9.79. The molecule has 20 heavy (non-hydrogen) atoms. The van der Waals surface area contributed by atoms with Crippen molar-refractivity contribution in [3.05, 3.63) is 24.3 Å². The highest BCUT2D eigenvalue weighted by molar-refractivity contribution is 5.59. The zero-order chi connectivity index (χ0) is 13.9. The highest BCUT2D eigenvalue weighted by atomic mass is 16.5. The first kappa shape index (κ1) is 12.9. The van der Waals surface area contributed by atoms with E-state index in [1.165, 1.54) is 0 Å². The van der Waals surface area contributed by atoms with Gasteiger partial charge in [0.05, 0.1) is 7.11 Å². The molecule has 6 heteroatoms. The predicted octanol–water partition coefficient (Wildman–Crippen LogP) is 0.900. The second kappa shape index (κ2) is 5.50. The molecule has 1 aromatic heterocycles. The third-order valence-electron chi connectivity index (χ3n) is 3.58. The van der Waals surface area contributed by atoms with E-state index in [2.05, 4.69) is 20.4 Å². The molecule has 0 amide bonds. The van der Waals surface area contributed by atoms with Gasteiger partial charge in [-0.2, -0.15) is 0 Å². The van der Waals surface area contributed by atoms with Crippen LogP contribution >= 0.6 is 0 Å². The van der Waals surface area contributed by atoms with E-state index in [4.69, 9.17) is 4.74 Å². The van der Waals surface area contributed by atoms with E-state index < -0.39 is 0 Å². The monoisotopic (exact) mass is 273 g/mol. The van der Waals surface area contributed by atoms with Gasteiger partial charge in [-0.25, -0.2) is 0 Å². The quantitative estimate of drug-likeness (QED) is 0.900. The van der Waals surface area contributed by atoms with Crippen LogP contribution in [0, 0.1) is 0 Å². The Labute approximate surface area is 118 Å². The Balaban J connectivity index is 1.92. The Morgan fingerprint density at radius 2 is 2.00 bits per heavy atom. The minimum absolute atomic E-state index is 0.828. The van der Waals surface area contributed by atoms with Gasteiger partial charge in [0.15, 0.2) is 5.82 Å². The number of nitrogens with zero attached hydrogens (tertiary/aromatic N) is 4. The predicted molar refractivity (Wildman–Crippen MR) is 78.1 cm³/mol. The molecule has 1 aromatic carbocycles. The average Bonchev–Trinajstić information content (AvgIpc) is 2.90. The van der Waals surface area contributed by atoms with Gasteiger partial charge in [-0.15, -0.1) is 10.2 Å². The summed E-state index contributed by atoms with van der Waals surface area (Å²) < 4.78 is 7.30. The molecule has 0 aliphatic carbocycles. The standard InChI is InChI=1S/C14H19N5O/c1-18-13(11-4-3-5-12(10-11)20-2)16-17-14(18)19-8-6-15-7-9-19/h3-5,10,15H,6-9H2,1-2H3. The van der Waals surface area contributed by atoms with Crippen LogP contribution in [0.5, 0.6) is 5.75 Å². The van der Waals surface area contributed by atoms with E-state index in [0.29, 0.717) is 0 Å². The highest BCUT2D eigenvalue weighted by Gasteiger charge is 2.18. The van der Waals surface area contributed by atoms with E-state index in [1.54, 1.807) is 7.11 Å². The van der Waals surface area contributed by atoms with Crippen molar-refractivity contribution in [2.45, 2.75) is 0 Å². The summed E-state index contributed by atoms with van der Waals surface area (Å²) in [7, 11) is 3.67. The number of piperazine rings is 1. The Morgan fingerprint density at radius 1 is 1.20 bits per heavy atom. The SMILES string of the molecule is COc1cccc(-c2nnc(N3CCNCC3)n2C)c1. The van der Waals surface area contributed by atoms with Crippen LogP contribution in [0.4, 0.5) is 5.95 Å². The molecular formula is C14H19N5O. The molecule has 1 N–H and O–H groups in total. The maximum absolute atomic E-state index is 5.26.